The summed E-state index contributed by atoms with van der Waals surface area (Å²) in [6.45, 7) is 0.783. The van der Waals surface area contributed by atoms with Gasteiger partial charge in [0.1, 0.15) is 24.9 Å². The van der Waals surface area contributed by atoms with E-state index in [1.54, 1.807) is 36.4 Å². The lowest BCUT2D eigenvalue weighted by atomic mass is 10.1. The minimum Gasteiger partial charge on any atom is -0.458 e. The van der Waals surface area contributed by atoms with Crippen LogP contribution in [0.25, 0.3) is 0 Å². The molecule has 0 amide bonds. The molecule has 212 valence electrons. The number of aromatic nitrogens is 2. The molecule has 2 aromatic carbocycles. The van der Waals surface area contributed by atoms with Crippen molar-refractivity contribution in [1.29, 1.82) is 0 Å². The van der Waals surface area contributed by atoms with Crippen LogP contribution < -0.4 is 11.2 Å². The Morgan fingerprint density at radius 2 is 1.60 bits per heavy atom. The normalized spacial score (nSPS) is 21.5. The molecule has 40 heavy (non-hydrogen) atoms. The Balaban J connectivity index is 1.70. The first kappa shape index (κ1) is 28.9. The Morgan fingerprint density at radius 1 is 1.02 bits per heavy atom. The molecule has 4 rings (SSSR count). The van der Waals surface area contributed by atoms with E-state index in [9.17, 15) is 32.7 Å². The number of esters is 2. The number of rotatable bonds is 9. The molecule has 1 fully saturated rings. The van der Waals surface area contributed by atoms with E-state index in [0.29, 0.717) is 0 Å². The number of nitrogens with zero attached hydrogens (tertiary/aromatic N) is 1. The lowest BCUT2D eigenvalue weighted by molar-refractivity contribution is -0.103. The third-order valence-electron chi connectivity index (χ3n) is 5.98. The zero-order chi connectivity index (χ0) is 29.0. The van der Waals surface area contributed by atoms with Gasteiger partial charge in [-0.05, 0) is 31.2 Å². The summed E-state index contributed by atoms with van der Waals surface area (Å²) in [6.07, 6.45) is -6.27. The van der Waals surface area contributed by atoms with E-state index in [1.807, 2.05) is 0 Å². The second-order valence-corrected chi connectivity index (χ2v) is 10.6. The van der Waals surface area contributed by atoms with Crippen LogP contribution in [-0.4, -0.2) is 72.3 Å². The van der Waals surface area contributed by atoms with Crippen molar-refractivity contribution in [2.75, 3.05) is 12.9 Å². The molecule has 0 unspecified atom stereocenters. The van der Waals surface area contributed by atoms with E-state index in [2.05, 4.69) is 4.98 Å². The van der Waals surface area contributed by atoms with Crippen molar-refractivity contribution in [3.8, 4) is 0 Å². The van der Waals surface area contributed by atoms with Gasteiger partial charge in [0.2, 0.25) is 0 Å². The van der Waals surface area contributed by atoms with Crippen LogP contribution in [0, 0.1) is 6.92 Å². The van der Waals surface area contributed by atoms with Crippen molar-refractivity contribution >= 4 is 22.1 Å². The zero-order valence-electron chi connectivity index (χ0n) is 21.3. The second kappa shape index (κ2) is 12.0. The molecule has 0 spiro atoms. The van der Waals surface area contributed by atoms with Crippen LogP contribution in [0.3, 0.4) is 0 Å². The topological polar surface area (TPSA) is 180 Å². The van der Waals surface area contributed by atoms with Crippen molar-refractivity contribution in [2.24, 2.45) is 0 Å². The molecule has 13 nitrogen and oxygen atoms in total. The molecule has 1 aliphatic heterocycles. The minimum atomic E-state index is -4.23. The van der Waals surface area contributed by atoms with Gasteiger partial charge >= 0.3 is 17.6 Å². The first-order valence-corrected chi connectivity index (χ1v) is 13.8. The van der Waals surface area contributed by atoms with Crippen LogP contribution in [0.2, 0.25) is 0 Å². The van der Waals surface area contributed by atoms with Crippen molar-refractivity contribution in [3.05, 3.63) is 104 Å². The van der Waals surface area contributed by atoms with Crippen molar-refractivity contribution in [3.63, 3.8) is 0 Å². The number of ether oxygens (including phenoxy) is 3. The van der Waals surface area contributed by atoms with Crippen LogP contribution in [0.1, 0.15) is 32.5 Å². The monoisotopic (exact) mass is 574 g/mol. The predicted octanol–water partition coefficient (Wildman–Crippen LogP) is 0.531. The van der Waals surface area contributed by atoms with Crippen LogP contribution in [0.15, 0.2) is 76.4 Å². The van der Waals surface area contributed by atoms with Crippen LogP contribution in [0.4, 0.5) is 0 Å². The standard InChI is InChI=1S/C26H26N2O11S/c1-15-13-28(26(33)27-22(15)30)23-19(29)21(39-40(2,34)35)20(38-23)18(37-25(32)17-11-7-4-8-12-17)14-36-24(31)16-9-5-3-6-10-16/h3-13,18-21,23,29H,14H2,1-2H3,(H,27,30,33)/t18-,19-,20-,21-,23-/m1/s1. The van der Waals surface area contributed by atoms with Crippen LogP contribution in [-0.2, 0) is 28.5 Å². The van der Waals surface area contributed by atoms with Gasteiger partial charge in [-0.25, -0.2) is 14.4 Å². The molecule has 3 aromatic rings. The van der Waals surface area contributed by atoms with E-state index >= 15 is 0 Å². The molecule has 1 saturated heterocycles. The number of nitrogens with one attached hydrogen (secondary N) is 1. The van der Waals surface area contributed by atoms with Gasteiger partial charge in [0.25, 0.3) is 15.7 Å². The van der Waals surface area contributed by atoms with Crippen molar-refractivity contribution in [1.82, 2.24) is 9.55 Å². The summed E-state index contributed by atoms with van der Waals surface area (Å²) < 4.78 is 47.0. The number of carbonyl (C=O) groups excluding carboxylic acids is 2. The van der Waals surface area contributed by atoms with Gasteiger partial charge < -0.3 is 19.3 Å². The molecular weight excluding hydrogens is 548 g/mol. The lowest BCUT2D eigenvalue weighted by Crippen LogP contribution is -2.46. The third-order valence-corrected chi connectivity index (χ3v) is 6.55. The van der Waals surface area contributed by atoms with Gasteiger partial charge in [0.15, 0.2) is 12.3 Å². The highest BCUT2D eigenvalue weighted by Crippen LogP contribution is 2.34. The molecule has 0 aliphatic carbocycles. The molecule has 2 N–H and O–H groups in total. The smallest absolute Gasteiger partial charge is 0.338 e. The molecule has 14 heteroatoms. The summed E-state index contributed by atoms with van der Waals surface area (Å²) in [5.41, 5.74) is -1.20. The highest BCUT2D eigenvalue weighted by molar-refractivity contribution is 7.86. The Kier molecular flexibility index (Phi) is 8.64. The average molecular weight is 575 g/mol. The number of aliphatic hydroxyl groups is 1. The number of benzene rings is 2. The predicted molar refractivity (Wildman–Crippen MR) is 138 cm³/mol. The summed E-state index contributed by atoms with van der Waals surface area (Å²) in [6, 6.07) is 15.7. The quantitative estimate of drug-likeness (QED) is 0.269. The van der Waals surface area contributed by atoms with Gasteiger partial charge in [-0.3, -0.25) is 18.5 Å². The summed E-state index contributed by atoms with van der Waals surface area (Å²) in [4.78, 5) is 52.0. The fourth-order valence-electron chi connectivity index (χ4n) is 4.08. The fourth-order valence-corrected chi connectivity index (χ4v) is 4.71. The molecule has 0 radical (unpaired) electrons. The molecular formula is C26H26N2O11S. The fraction of sp³-hybridized carbons (Fsp3) is 0.308. The van der Waals surface area contributed by atoms with E-state index in [1.165, 1.54) is 31.2 Å². The Labute approximate surface area is 228 Å². The number of hydrogen-bond acceptors (Lipinski definition) is 11. The highest BCUT2D eigenvalue weighted by Gasteiger charge is 2.52. The first-order chi connectivity index (χ1) is 18.9. The maximum Gasteiger partial charge on any atom is 0.338 e. The minimum absolute atomic E-state index is 0.100. The first-order valence-electron chi connectivity index (χ1n) is 12.0. The molecule has 0 saturated carbocycles. The third kappa shape index (κ3) is 6.71. The maximum absolute atomic E-state index is 13.0. The number of H-pyrrole nitrogens is 1. The molecule has 1 aromatic heterocycles. The number of aromatic amines is 1. The number of aryl methyl sites for hydroxylation is 1. The highest BCUT2D eigenvalue weighted by atomic mass is 32.2. The van der Waals surface area contributed by atoms with E-state index in [0.717, 1.165) is 17.0 Å². The SMILES string of the molecule is Cc1cn([C@@H]2O[C@H]([C@@H](COC(=O)c3ccccc3)OC(=O)c3ccccc3)[C@H](OS(C)(=O)=O)[C@H]2O)c(=O)[nH]c1=O. The lowest BCUT2D eigenvalue weighted by Gasteiger charge is -2.27. The van der Waals surface area contributed by atoms with Gasteiger partial charge in [-0.2, -0.15) is 8.42 Å². The zero-order valence-corrected chi connectivity index (χ0v) is 22.1. The molecule has 5 atom stereocenters. The number of aliphatic hydroxyl groups excluding tert-OH is 1. The molecule has 1 aliphatic rings. The number of carbonyl (C=O) groups is 2. The summed E-state index contributed by atoms with van der Waals surface area (Å²) in [5.74, 6) is -1.64. The largest absolute Gasteiger partial charge is 0.458 e. The van der Waals surface area contributed by atoms with Gasteiger partial charge in [-0.1, -0.05) is 36.4 Å². The average Bonchev–Trinajstić information content (AvgIpc) is 3.23. The van der Waals surface area contributed by atoms with E-state index in [4.69, 9.17) is 18.4 Å². The number of hydrogen-bond donors (Lipinski definition) is 2. The van der Waals surface area contributed by atoms with E-state index < -0.39 is 70.6 Å². The van der Waals surface area contributed by atoms with E-state index in [-0.39, 0.29) is 16.7 Å². The van der Waals surface area contributed by atoms with Crippen molar-refractivity contribution in [2.45, 2.75) is 37.6 Å². The maximum atomic E-state index is 13.0. The second-order valence-electron chi connectivity index (χ2n) is 9.00. The van der Waals surface area contributed by atoms with Crippen molar-refractivity contribution < 1.29 is 41.5 Å². The Hall–Kier alpha value is -4.11. The molecule has 2 heterocycles. The van der Waals surface area contributed by atoms with Gasteiger partial charge in [-0.15, -0.1) is 0 Å². The summed E-state index contributed by atoms with van der Waals surface area (Å²) in [7, 11) is -4.23. The van der Waals surface area contributed by atoms with Crippen LogP contribution >= 0.6 is 0 Å². The summed E-state index contributed by atoms with van der Waals surface area (Å²) in [5, 5.41) is 11.1. The Bertz CT molecular complexity index is 1590. The van der Waals surface area contributed by atoms with Gasteiger partial charge in [0, 0.05) is 11.8 Å². The van der Waals surface area contributed by atoms with Gasteiger partial charge in [0.05, 0.1) is 17.4 Å². The van der Waals surface area contributed by atoms with Crippen LogP contribution in [0.5, 0.6) is 0 Å². The Morgan fingerprint density at radius 3 is 2.17 bits per heavy atom. The molecule has 0 bridgehead atoms. The summed E-state index contributed by atoms with van der Waals surface area (Å²) >= 11 is 0.